The first kappa shape index (κ1) is 11.2. The summed E-state index contributed by atoms with van der Waals surface area (Å²) < 4.78 is 4.64. The molecule has 0 aliphatic carbocycles. The molecule has 0 aromatic heterocycles. The normalized spacial score (nSPS) is 29.1. The largest absolute Gasteiger partial charge is 0.393 e. The van der Waals surface area contributed by atoms with E-state index in [1.807, 2.05) is 0 Å². The number of carbonyl (C=O) groups excluding carboxylic acids is 2. The Morgan fingerprint density at radius 3 is 2.29 bits per heavy atom. The van der Waals surface area contributed by atoms with Crippen LogP contribution in [0.2, 0.25) is 0 Å². The standard InChI is InChI=1S/C11H18O3/c1-4-6-8(5-2)9-7(3)10(12)14-11(9)13/h7-9H,4-6H2,1-3H3/t7-,8?,9-/m1/s1. The number of cyclic esters (lactones) is 2. The first-order valence-corrected chi connectivity index (χ1v) is 5.37. The van der Waals surface area contributed by atoms with Crippen LogP contribution in [-0.4, -0.2) is 11.9 Å². The van der Waals surface area contributed by atoms with Gasteiger partial charge in [0.15, 0.2) is 0 Å². The van der Waals surface area contributed by atoms with Crippen LogP contribution < -0.4 is 0 Å². The van der Waals surface area contributed by atoms with Crippen molar-refractivity contribution in [2.45, 2.75) is 40.0 Å². The van der Waals surface area contributed by atoms with E-state index in [1.165, 1.54) is 0 Å². The minimum Gasteiger partial charge on any atom is -0.393 e. The summed E-state index contributed by atoms with van der Waals surface area (Å²) in [5.74, 6) is -0.822. The molecule has 1 rings (SSSR count). The van der Waals surface area contributed by atoms with Gasteiger partial charge in [0.25, 0.3) is 0 Å². The van der Waals surface area contributed by atoms with E-state index >= 15 is 0 Å². The van der Waals surface area contributed by atoms with E-state index in [9.17, 15) is 9.59 Å². The number of ether oxygens (including phenoxy) is 1. The van der Waals surface area contributed by atoms with Crippen molar-refractivity contribution in [3.63, 3.8) is 0 Å². The molecule has 0 bridgehead atoms. The van der Waals surface area contributed by atoms with Crippen LogP contribution in [0.15, 0.2) is 0 Å². The average Bonchev–Trinajstić information content (AvgIpc) is 2.39. The molecule has 0 radical (unpaired) electrons. The topological polar surface area (TPSA) is 43.4 Å². The average molecular weight is 198 g/mol. The summed E-state index contributed by atoms with van der Waals surface area (Å²) in [6.07, 6.45) is 2.97. The Hall–Kier alpha value is -0.860. The number of hydrogen-bond acceptors (Lipinski definition) is 3. The molecule has 0 N–H and O–H groups in total. The van der Waals surface area contributed by atoms with Crippen molar-refractivity contribution in [3.8, 4) is 0 Å². The zero-order chi connectivity index (χ0) is 10.7. The molecule has 1 fully saturated rings. The first-order valence-electron chi connectivity index (χ1n) is 5.37. The SMILES string of the molecule is CCCC(CC)[C@@H]1C(=O)OC(=O)[C@@H]1C. The van der Waals surface area contributed by atoms with Crippen LogP contribution >= 0.6 is 0 Å². The highest BCUT2D eigenvalue weighted by molar-refractivity contribution is 5.96. The maximum atomic E-state index is 11.4. The summed E-state index contributed by atoms with van der Waals surface area (Å²) in [6, 6.07) is 0. The van der Waals surface area contributed by atoms with Crippen LogP contribution in [0, 0.1) is 17.8 Å². The lowest BCUT2D eigenvalue weighted by atomic mass is 9.80. The second-order valence-electron chi connectivity index (χ2n) is 4.01. The van der Waals surface area contributed by atoms with Gasteiger partial charge in [0.2, 0.25) is 0 Å². The lowest BCUT2D eigenvalue weighted by Gasteiger charge is -2.20. The monoisotopic (exact) mass is 198 g/mol. The molecule has 0 saturated carbocycles. The van der Waals surface area contributed by atoms with Crippen molar-refractivity contribution >= 4 is 11.9 Å². The predicted octanol–water partition coefficient (Wildman–Crippen LogP) is 2.15. The molecule has 14 heavy (non-hydrogen) atoms. The molecule has 1 aliphatic heterocycles. The molecule has 1 saturated heterocycles. The van der Waals surface area contributed by atoms with Crippen LogP contribution in [0.1, 0.15) is 40.0 Å². The smallest absolute Gasteiger partial charge is 0.317 e. The van der Waals surface area contributed by atoms with Crippen molar-refractivity contribution in [2.24, 2.45) is 17.8 Å². The molecule has 3 nitrogen and oxygen atoms in total. The Morgan fingerprint density at radius 2 is 1.93 bits per heavy atom. The molecule has 0 aromatic rings. The molecule has 0 amide bonds. The molecular weight excluding hydrogens is 180 g/mol. The molecule has 1 unspecified atom stereocenters. The quantitative estimate of drug-likeness (QED) is 0.513. The number of carbonyl (C=O) groups is 2. The summed E-state index contributed by atoms with van der Waals surface area (Å²) >= 11 is 0. The maximum absolute atomic E-state index is 11.4. The van der Waals surface area contributed by atoms with Crippen LogP contribution in [-0.2, 0) is 14.3 Å². The van der Waals surface area contributed by atoms with Crippen molar-refractivity contribution in [3.05, 3.63) is 0 Å². The summed E-state index contributed by atoms with van der Waals surface area (Å²) in [5, 5.41) is 0. The number of hydrogen-bond donors (Lipinski definition) is 0. The Kier molecular flexibility index (Phi) is 3.67. The number of esters is 2. The lowest BCUT2D eigenvalue weighted by Crippen LogP contribution is -2.24. The van der Waals surface area contributed by atoms with Gasteiger partial charge in [-0.3, -0.25) is 9.59 Å². The van der Waals surface area contributed by atoms with Gasteiger partial charge < -0.3 is 4.74 Å². The van der Waals surface area contributed by atoms with Crippen LogP contribution in [0.25, 0.3) is 0 Å². The molecule has 3 atom stereocenters. The van der Waals surface area contributed by atoms with Crippen molar-refractivity contribution in [1.82, 2.24) is 0 Å². The molecular formula is C11H18O3. The fraction of sp³-hybridized carbons (Fsp3) is 0.818. The van der Waals surface area contributed by atoms with Crippen LogP contribution in [0.5, 0.6) is 0 Å². The second kappa shape index (κ2) is 4.58. The van der Waals surface area contributed by atoms with E-state index in [-0.39, 0.29) is 23.8 Å². The third-order valence-corrected chi connectivity index (χ3v) is 3.08. The molecule has 1 heterocycles. The fourth-order valence-electron chi connectivity index (χ4n) is 2.22. The van der Waals surface area contributed by atoms with Crippen molar-refractivity contribution in [2.75, 3.05) is 0 Å². The van der Waals surface area contributed by atoms with E-state index < -0.39 is 0 Å². The molecule has 3 heteroatoms. The highest BCUT2D eigenvalue weighted by atomic mass is 16.6. The van der Waals surface area contributed by atoms with E-state index in [0.29, 0.717) is 5.92 Å². The Labute approximate surface area is 84.8 Å². The van der Waals surface area contributed by atoms with Gasteiger partial charge in [0, 0.05) is 0 Å². The van der Waals surface area contributed by atoms with Crippen molar-refractivity contribution in [1.29, 1.82) is 0 Å². The third-order valence-electron chi connectivity index (χ3n) is 3.08. The van der Waals surface area contributed by atoms with Gasteiger partial charge in [0.1, 0.15) is 0 Å². The van der Waals surface area contributed by atoms with Gasteiger partial charge in [-0.1, -0.05) is 33.6 Å². The third kappa shape index (κ3) is 1.97. The van der Waals surface area contributed by atoms with Gasteiger partial charge in [-0.25, -0.2) is 0 Å². The van der Waals surface area contributed by atoms with Gasteiger partial charge in [-0.05, 0) is 12.3 Å². The summed E-state index contributed by atoms with van der Waals surface area (Å²) in [6.45, 7) is 5.94. The lowest BCUT2D eigenvalue weighted by molar-refractivity contribution is -0.154. The Balaban J connectivity index is 2.73. The van der Waals surface area contributed by atoms with Gasteiger partial charge in [-0.15, -0.1) is 0 Å². The second-order valence-corrected chi connectivity index (χ2v) is 4.01. The highest BCUT2D eigenvalue weighted by Gasteiger charge is 2.44. The van der Waals surface area contributed by atoms with Crippen LogP contribution in [0.3, 0.4) is 0 Å². The van der Waals surface area contributed by atoms with Crippen LogP contribution in [0.4, 0.5) is 0 Å². The summed E-state index contributed by atoms with van der Waals surface area (Å²) in [5.41, 5.74) is 0. The highest BCUT2D eigenvalue weighted by Crippen LogP contribution is 2.34. The minimum atomic E-state index is -0.352. The van der Waals surface area contributed by atoms with E-state index in [1.54, 1.807) is 6.92 Å². The minimum absolute atomic E-state index is 0.201. The summed E-state index contributed by atoms with van der Waals surface area (Å²) in [4.78, 5) is 22.6. The van der Waals surface area contributed by atoms with Gasteiger partial charge in [-0.2, -0.15) is 0 Å². The van der Waals surface area contributed by atoms with E-state index in [4.69, 9.17) is 0 Å². The molecule has 0 spiro atoms. The molecule has 80 valence electrons. The first-order chi connectivity index (χ1) is 6.61. The number of rotatable bonds is 4. The Morgan fingerprint density at radius 1 is 1.29 bits per heavy atom. The van der Waals surface area contributed by atoms with Gasteiger partial charge >= 0.3 is 11.9 Å². The zero-order valence-electron chi connectivity index (χ0n) is 9.08. The zero-order valence-corrected chi connectivity index (χ0v) is 9.08. The Bertz CT molecular complexity index is 235. The molecule has 1 aliphatic rings. The van der Waals surface area contributed by atoms with E-state index in [0.717, 1.165) is 19.3 Å². The van der Waals surface area contributed by atoms with Crippen molar-refractivity contribution < 1.29 is 14.3 Å². The summed E-state index contributed by atoms with van der Waals surface area (Å²) in [7, 11) is 0. The fourth-order valence-corrected chi connectivity index (χ4v) is 2.22. The van der Waals surface area contributed by atoms with E-state index in [2.05, 4.69) is 18.6 Å². The predicted molar refractivity (Wildman–Crippen MR) is 52.4 cm³/mol. The molecule has 0 aromatic carbocycles. The maximum Gasteiger partial charge on any atom is 0.317 e. The van der Waals surface area contributed by atoms with Gasteiger partial charge in [0.05, 0.1) is 11.8 Å².